The Morgan fingerprint density at radius 2 is 2.31 bits per heavy atom. The summed E-state index contributed by atoms with van der Waals surface area (Å²) in [6.07, 6.45) is 0.732. The van der Waals surface area contributed by atoms with Gasteiger partial charge in [-0.2, -0.15) is 11.8 Å². The highest BCUT2D eigenvalue weighted by atomic mass is 32.2. The number of furan rings is 1. The molecule has 0 saturated carbocycles. The Hall–Kier alpha value is -0.940. The van der Waals surface area contributed by atoms with Gasteiger partial charge in [-0.25, -0.2) is 4.79 Å². The van der Waals surface area contributed by atoms with E-state index in [4.69, 9.17) is 14.6 Å². The van der Waals surface area contributed by atoms with Crippen molar-refractivity contribution in [2.45, 2.75) is 31.3 Å². The Balaban J connectivity index is 2.55. The van der Waals surface area contributed by atoms with Gasteiger partial charge in [-0.3, -0.25) is 0 Å². The summed E-state index contributed by atoms with van der Waals surface area (Å²) in [6.45, 7) is 3.92. The first-order valence-corrected chi connectivity index (χ1v) is 6.14. The Kier molecular flexibility index (Phi) is 4.89. The maximum atomic E-state index is 10.7. The number of hydrogen-bond donors (Lipinski definition) is 2. The molecule has 1 unspecified atom stereocenters. The molecule has 0 aliphatic carbocycles. The molecule has 0 spiro atoms. The van der Waals surface area contributed by atoms with Crippen LogP contribution >= 0.6 is 11.8 Å². The van der Waals surface area contributed by atoms with E-state index < -0.39 is 5.97 Å². The lowest BCUT2D eigenvalue weighted by Gasteiger charge is -2.06. The minimum absolute atomic E-state index is 0.0189. The van der Waals surface area contributed by atoms with Crippen molar-refractivity contribution in [2.75, 3.05) is 6.61 Å². The standard InChI is InChI=1S/C11H16O4S/c1-7-5-9(15-10(7)11(13)14)6-16-8(2)3-4-12/h5,8,12H,3-4,6H2,1-2H3,(H,13,14). The molecule has 1 aromatic heterocycles. The van der Waals surface area contributed by atoms with E-state index in [-0.39, 0.29) is 12.4 Å². The Labute approximate surface area is 98.7 Å². The van der Waals surface area contributed by atoms with E-state index >= 15 is 0 Å². The minimum atomic E-state index is -1.03. The fourth-order valence-corrected chi connectivity index (χ4v) is 2.18. The number of aromatic carboxylic acids is 1. The van der Waals surface area contributed by atoms with Crippen LogP contribution in [0.4, 0.5) is 0 Å². The van der Waals surface area contributed by atoms with Crippen LogP contribution in [-0.2, 0) is 5.75 Å². The zero-order valence-electron chi connectivity index (χ0n) is 9.40. The van der Waals surface area contributed by atoms with Gasteiger partial charge < -0.3 is 14.6 Å². The average molecular weight is 244 g/mol. The Bertz CT molecular complexity index is 359. The first-order valence-electron chi connectivity index (χ1n) is 5.09. The molecule has 5 heteroatoms. The van der Waals surface area contributed by atoms with E-state index in [1.54, 1.807) is 24.8 Å². The van der Waals surface area contributed by atoms with E-state index in [0.717, 1.165) is 6.42 Å². The fourth-order valence-electron chi connectivity index (χ4n) is 1.32. The zero-order chi connectivity index (χ0) is 12.1. The smallest absolute Gasteiger partial charge is 0.372 e. The second kappa shape index (κ2) is 5.96. The molecule has 0 amide bonds. The van der Waals surface area contributed by atoms with Crippen molar-refractivity contribution >= 4 is 17.7 Å². The van der Waals surface area contributed by atoms with Crippen LogP contribution in [0.3, 0.4) is 0 Å². The van der Waals surface area contributed by atoms with Crippen molar-refractivity contribution in [1.82, 2.24) is 0 Å². The fraction of sp³-hybridized carbons (Fsp3) is 0.545. The molecule has 0 aliphatic heterocycles. The first kappa shape index (κ1) is 13.1. The molecule has 2 N–H and O–H groups in total. The highest BCUT2D eigenvalue weighted by Gasteiger charge is 2.14. The molecular weight excluding hydrogens is 228 g/mol. The minimum Gasteiger partial charge on any atom is -0.475 e. The van der Waals surface area contributed by atoms with Crippen molar-refractivity contribution < 1.29 is 19.4 Å². The van der Waals surface area contributed by atoms with Crippen molar-refractivity contribution in [3.05, 3.63) is 23.2 Å². The highest BCUT2D eigenvalue weighted by Crippen LogP contribution is 2.23. The number of aryl methyl sites for hydroxylation is 1. The number of carbonyl (C=O) groups is 1. The van der Waals surface area contributed by atoms with Crippen LogP contribution in [-0.4, -0.2) is 28.0 Å². The second-order valence-electron chi connectivity index (χ2n) is 3.66. The highest BCUT2D eigenvalue weighted by molar-refractivity contribution is 7.99. The third-order valence-corrected chi connectivity index (χ3v) is 3.46. The van der Waals surface area contributed by atoms with Crippen LogP contribution in [0, 0.1) is 6.92 Å². The van der Waals surface area contributed by atoms with E-state index in [1.807, 2.05) is 6.92 Å². The molecule has 0 fully saturated rings. The summed E-state index contributed by atoms with van der Waals surface area (Å²) in [5.74, 6) is 0.294. The van der Waals surface area contributed by atoms with Crippen LogP contribution in [0.1, 0.15) is 35.2 Å². The Morgan fingerprint density at radius 1 is 1.62 bits per heavy atom. The summed E-state index contributed by atoms with van der Waals surface area (Å²) in [6, 6.07) is 1.75. The maximum absolute atomic E-state index is 10.7. The van der Waals surface area contributed by atoms with Crippen molar-refractivity contribution in [1.29, 1.82) is 0 Å². The van der Waals surface area contributed by atoms with Crippen LogP contribution in [0.2, 0.25) is 0 Å². The van der Waals surface area contributed by atoms with E-state index in [0.29, 0.717) is 22.3 Å². The summed E-state index contributed by atoms with van der Waals surface area (Å²) in [5, 5.41) is 17.9. The molecule has 1 heterocycles. The second-order valence-corrected chi connectivity index (χ2v) is 5.09. The number of aliphatic hydroxyl groups excluding tert-OH is 1. The van der Waals surface area contributed by atoms with Crippen molar-refractivity contribution in [3.8, 4) is 0 Å². The van der Waals surface area contributed by atoms with Crippen LogP contribution in [0.5, 0.6) is 0 Å². The third kappa shape index (κ3) is 3.57. The topological polar surface area (TPSA) is 70.7 Å². The quantitative estimate of drug-likeness (QED) is 0.803. The number of thioether (sulfide) groups is 1. The molecule has 4 nitrogen and oxygen atoms in total. The van der Waals surface area contributed by atoms with E-state index in [2.05, 4.69) is 0 Å². The van der Waals surface area contributed by atoms with Crippen LogP contribution in [0.15, 0.2) is 10.5 Å². The SMILES string of the molecule is Cc1cc(CSC(C)CCO)oc1C(=O)O. The van der Waals surface area contributed by atoms with Gasteiger partial charge in [0.2, 0.25) is 5.76 Å². The molecule has 16 heavy (non-hydrogen) atoms. The van der Waals surface area contributed by atoms with Crippen molar-refractivity contribution in [3.63, 3.8) is 0 Å². The third-order valence-electron chi connectivity index (χ3n) is 2.21. The van der Waals surface area contributed by atoms with Gasteiger partial charge in [0.1, 0.15) is 5.76 Å². The molecule has 1 rings (SSSR count). The lowest BCUT2D eigenvalue weighted by atomic mass is 10.3. The van der Waals surface area contributed by atoms with Gasteiger partial charge in [0.25, 0.3) is 0 Å². The van der Waals surface area contributed by atoms with Crippen molar-refractivity contribution in [2.24, 2.45) is 0 Å². The average Bonchev–Trinajstić information content (AvgIpc) is 2.57. The maximum Gasteiger partial charge on any atom is 0.372 e. The van der Waals surface area contributed by atoms with E-state index in [1.165, 1.54) is 0 Å². The van der Waals surface area contributed by atoms with Gasteiger partial charge in [0, 0.05) is 17.4 Å². The zero-order valence-corrected chi connectivity index (χ0v) is 10.2. The molecule has 0 bridgehead atoms. The number of aliphatic hydroxyl groups is 1. The van der Waals surface area contributed by atoms with Gasteiger partial charge in [0.05, 0.1) is 5.75 Å². The van der Waals surface area contributed by atoms with Gasteiger partial charge in [0.15, 0.2) is 0 Å². The number of carboxylic acid groups (broad SMARTS) is 1. The normalized spacial score (nSPS) is 12.7. The van der Waals surface area contributed by atoms with Gasteiger partial charge >= 0.3 is 5.97 Å². The predicted molar refractivity (Wildman–Crippen MR) is 62.9 cm³/mol. The molecule has 1 atom stereocenters. The van der Waals surface area contributed by atoms with Gasteiger partial charge in [-0.05, 0) is 19.4 Å². The summed E-state index contributed by atoms with van der Waals surface area (Å²) < 4.78 is 5.22. The van der Waals surface area contributed by atoms with Crippen LogP contribution in [0.25, 0.3) is 0 Å². The van der Waals surface area contributed by atoms with Crippen LogP contribution < -0.4 is 0 Å². The first-order chi connectivity index (χ1) is 7.54. The summed E-state index contributed by atoms with van der Waals surface area (Å²) in [7, 11) is 0. The van der Waals surface area contributed by atoms with E-state index in [9.17, 15) is 4.79 Å². The molecule has 0 aromatic carbocycles. The molecule has 0 saturated heterocycles. The lowest BCUT2D eigenvalue weighted by Crippen LogP contribution is -1.99. The van der Waals surface area contributed by atoms with Gasteiger partial charge in [-0.15, -0.1) is 0 Å². The summed E-state index contributed by atoms with van der Waals surface area (Å²) in [5.41, 5.74) is 0.651. The summed E-state index contributed by atoms with van der Waals surface area (Å²) >= 11 is 1.64. The predicted octanol–water partition coefficient (Wildman–Crippen LogP) is 2.29. The monoisotopic (exact) mass is 244 g/mol. The molecule has 0 aliphatic rings. The molecule has 1 aromatic rings. The molecule has 0 radical (unpaired) electrons. The number of rotatable bonds is 6. The molecular formula is C11H16O4S. The van der Waals surface area contributed by atoms with Gasteiger partial charge in [-0.1, -0.05) is 6.92 Å². The largest absolute Gasteiger partial charge is 0.475 e. The molecule has 90 valence electrons. The number of hydrogen-bond acceptors (Lipinski definition) is 4. The lowest BCUT2D eigenvalue weighted by molar-refractivity contribution is 0.0659. The number of carboxylic acids is 1. The Morgan fingerprint density at radius 3 is 2.81 bits per heavy atom. The summed E-state index contributed by atoms with van der Waals surface area (Å²) in [4.78, 5) is 10.7.